The number of halogens is 1. The van der Waals surface area contributed by atoms with Crippen LogP contribution in [-0.4, -0.2) is 37.4 Å². The van der Waals surface area contributed by atoms with Gasteiger partial charge < -0.3 is 14.7 Å². The minimum absolute atomic E-state index is 0.303. The Morgan fingerprint density at radius 2 is 2.05 bits per heavy atom. The predicted octanol–water partition coefficient (Wildman–Crippen LogP) is 3.79. The van der Waals surface area contributed by atoms with Crippen LogP contribution in [0.3, 0.4) is 0 Å². The molecular formula is C15H22BrNO3. The van der Waals surface area contributed by atoms with Gasteiger partial charge in [0, 0.05) is 24.2 Å². The molecule has 112 valence electrons. The Balaban J connectivity index is 3.25. The zero-order chi connectivity index (χ0) is 15.1. The van der Waals surface area contributed by atoms with Gasteiger partial charge in [-0.3, -0.25) is 0 Å². The van der Waals surface area contributed by atoms with Crippen LogP contribution in [0.4, 0.5) is 5.69 Å². The number of benzene rings is 1. The Labute approximate surface area is 128 Å². The quantitative estimate of drug-likeness (QED) is 0.780. The molecule has 1 aromatic rings. The highest BCUT2D eigenvalue weighted by Gasteiger charge is 2.22. The maximum absolute atomic E-state index is 11.5. The van der Waals surface area contributed by atoms with Gasteiger partial charge >= 0.3 is 5.97 Å². The third-order valence-electron chi connectivity index (χ3n) is 3.43. The van der Waals surface area contributed by atoms with Crippen LogP contribution in [0.15, 0.2) is 22.7 Å². The average Bonchev–Trinajstić information content (AvgIpc) is 2.42. The molecule has 0 aliphatic carbocycles. The number of rotatable bonds is 8. The molecule has 1 aromatic carbocycles. The second-order valence-electron chi connectivity index (χ2n) is 4.60. The fourth-order valence-electron chi connectivity index (χ4n) is 2.38. The van der Waals surface area contributed by atoms with Crippen molar-refractivity contribution in [3.63, 3.8) is 0 Å². The molecule has 0 radical (unpaired) electrons. The highest BCUT2D eigenvalue weighted by molar-refractivity contribution is 9.10. The first kappa shape index (κ1) is 17.0. The van der Waals surface area contributed by atoms with Crippen molar-refractivity contribution in [2.45, 2.75) is 32.7 Å². The van der Waals surface area contributed by atoms with Crippen LogP contribution in [0.25, 0.3) is 0 Å². The molecule has 0 heterocycles. The average molecular weight is 344 g/mol. The lowest BCUT2D eigenvalue weighted by molar-refractivity contribution is 0.0696. The number of methoxy groups -OCH3 is 1. The Bertz CT molecular complexity index is 447. The molecule has 0 atom stereocenters. The number of anilines is 1. The SMILES string of the molecule is CCC(CC)N(CCOC)c1cccc(Br)c1C(=O)O. The number of nitrogens with zero attached hydrogens (tertiary/aromatic N) is 1. The Hall–Kier alpha value is -1.07. The van der Waals surface area contributed by atoms with Crippen molar-refractivity contribution >= 4 is 27.6 Å². The molecule has 0 fully saturated rings. The molecule has 0 aromatic heterocycles. The highest BCUT2D eigenvalue weighted by atomic mass is 79.9. The Kier molecular flexibility index (Phi) is 7.02. The summed E-state index contributed by atoms with van der Waals surface area (Å²) in [6.07, 6.45) is 1.93. The lowest BCUT2D eigenvalue weighted by Crippen LogP contribution is -2.38. The van der Waals surface area contributed by atoms with E-state index in [1.807, 2.05) is 12.1 Å². The molecule has 0 amide bonds. The lowest BCUT2D eigenvalue weighted by atomic mass is 10.1. The summed E-state index contributed by atoms with van der Waals surface area (Å²) in [7, 11) is 1.66. The van der Waals surface area contributed by atoms with Gasteiger partial charge in [0.1, 0.15) is 0 Å². The van der Waals surface area contributed by atoms with Crippen LogP contribution in [0.1, 0.15) is 37.0 Å². The number of carboxylic acid groups (broad SMARTS) is 1. The number of carboxylic acids is 1. The monoisotopic (exact) mass is 343 g/mol. The molecule has 0 aliphatic rings. The van der Waals surface area contributed by atoms with E-state index < -0.39 is 5.97 Å². The van der Waals surface area contributed by atoms with E-state index in [-0.39, 0.29) is 0 Å². The van der Waals surface area contributed by atoms with Crippen LogP contribution in [-0.2, 0) is 4.74 Å². The molecule has 4 nitrogen and oxygen atoms in total. The third-order valence-corrected chi connectivity index (χ3v) is 4.10. The van der Waals surface area contributed by atoms with Crippen molar-refractivity contribution in [1.29, 1.82) is 0 Å². The van der Waals surface area contributed by atoms with E-state index in [0.29, 0.717) is 29.2 Å². The van der Waals surface area contributed by atoms with Crippen LogP contribution in [0.5, 0.6) is 0 Å². The third kappa shape index (κ3) is 3.96. The fourth-order valence-corrected chi connectivity index (χ4v) is 2.91. The van der Waals surface area contributed by atoms with Gasteiger partial charge in [0.2, 0.25) is 0 Å². The summed E-state index contributed by atoms with van der Waals surface area (Å²) in [5.74, 6) is -0.916. The summed E-state index contributed by atoms with van der Waals surface area (Å²) >= 11 is 3.34. The molecule has 1 rings (SSSR count). The smallest absolute Gasteiger partial charge is 0.338 e. The molecule has 0 saturated carbocycles. The zero-order valence-corrected chi connectivity index (χ0v) is 13.8. The van der Waals surface area contributed by atoms with E-state index in [1.54, 1.807) is 13.2 Å². The van der Waals surface area contributed by atoms with E-state index in [4.69, 9.17) is 4.74 Å². The van der Waals surface area contributed by atoms with Crippen molar-refractivity contribution in [2.75, 3.05) is 25.2 Å². The van der Waals surface area contributed by atoms with Gasteiger partial charge in [-0.15, -0.1) is 0 Å². The minimum atomic E-state index is -0.916. The van der Waals surface area contributed by atoms with Gasteiger partial charge in [0.05, 0.1) is 17.9 Å². The second kappa shape index (κ2) is 8.27. The van der Waals surface area contributed by atoms with Gasteiger partial charge in [-0.05, 0) is 40.9 Å². The van der Waals surface area contributed by atoms with Crippen molar-refractivity contribution < 1.29 is 14.6 Å². The molecular weight excluding hydrogens is 322 g/mol. The van der Waals surface area contributed by atoms with Gasteiger partial charge in [0.15, 0.2) is 0 Å². The molecule has 1 N–H and O–H groups in total. The van der Waals surface area contributed by atoms with Gasteiger partial charge in [0.25, 0.3) is 0 Å². The largest absolute Gasteiger partial charge is 0.478 e. The maximum atomic E-state index is 11.5. The summed E-state index contributed by atoms with van der Waals surface area (Å²) in [4.78, 5) is 13.7. The Morgan fingerprint density at radius 3 is 2.55 bits per heavy atom. The second-order valence-corrected chi connectivity index (χ2v) is 5.45. The summed E-state index contributed by atoms with van der Waals surface area (Å²) < 4.78 is 5.77. The number of aromatic carboxylic acids is 1. The van der Waals surface area contributed by atoms with Gasteiger partial charge in [-0.25, -0.2) is 4.79 Å². The number of hydrogen-bond donors (Lipinski definition) is 1. The molecule has 0 aliphatic heterocycles. The molecule has 20 heavy (non-hydrogen) atoms. The normalized spacial score (nSPS) is 10.8. The predicted molar refractivity (Wildman–Crippen MR) is 84.7 cm³/mol. The van der Waals surface area contributed by atoms with E-state index in [2.05, 4.69) is 34.7 Å². The van der Waals surface area contributed by atoms with Crippen molar-refractivity contribution in [3.8, 4) is 0 Å². The first-order valence-electron chi connectivity index (χ1n) is 6.84. The number of ether oxygens (including phenoxy) is 1. The number of hydrogen-bond acceptors (Lipinski definition) is 3. The Morgan fingerprint density at radius 1 is 1.40 bits per heavy atom. The van der Waals surface area contributed by atoms with Crippen LogP contribution in [0, 0.1) is 0 Å². The number of carbonyl (C=O) groups is 1. The standard InChI is InChI=1S/C15H22BrNO3/c1-4-11(5-2)17(9-10-20-3)13-8-6-7-12(16)14(13)15(18)19/h6-8,11H,4-5,9-10H2,1-3H3,(H,18,19). The van der Waals surface area contributed by atoms with Crippen molar-refractivity contribution in [2.24, 2.45) is 0 Å². The van der Waals surface area contributed by atoms with Crippen LogP contribution in [0.2, 0.25) is 0 Å². The summed E-state index contributed by atoms with van der Waals surface area (Å²) in [5, 5.41) is 9.46. The van der Waals surface area contributed by atoms with Gasteiger partial charge in [-0.2, -0.15) is 0 Å². The zero-order valence-electron chi connectivity index (χ0n) is 12.2. The van der Waals surface area contributed by atoms with E-state index >= 15 is 0 Å². The van der Waals surface area contributed by atoms with Gasteiger partial charge in [-0.1, -0.05) is 19.9 Å². The summed E-state index contributed by atoms with van der Waals surface area (Å²) in [6, 6.07) is 5.79. The van der Waals surface area contributed by atoms with E-state index in [0.717, 1.165) is 18.5 Å². The minimum Gasteiger partial charge on any atom is -0.478 e. The van der Waals surface area contributed by atoms with Crippen molar-refractivity contribution in [3.05, 3.63) is 28.2 Å². The maximum Gasteiger partial charge on any atom is 0.338 e. The van der Waals surface area contributed by atoms with E-state index in [9.17, 15) is 9.90 Å². The topological polar surface area (TPSA) is 49.8 Å². The summed E-state index contributed by atoms with van der Waals surface area (Å²) in [6.45, 7) is 5.49. The summed E-state index contributed by atoms with van der Waals surface area (Å²) in [5.41, 5.74) is 1.06. The first-order chi connectivity index (χ1) is 9.56. The first-order valence-corrected chi connectivity index (χ1v) is 7.63. The molecule has 0 spiro atoms. The highest BCUT2D eigenvalue weighted by Crippen LogP contribution is 2.30. The lowest BCUT2D eigenvalue weighted by Gasteiger charge is -2.33. The fraction of sp³-hybridized carbons (Fsp3) is 0.533. The van der Waals surface area contributed by atoms with Crippen LogP contribution < -0.4 is 4.90 Å². The molecule has 5 heteroatoms. The molecule has 0 saturated heterocycles. The van der Waals surface area contributed by atoms with E-state index in [1.165, 1.54) is 0 Å². The molecule has 0 unspecified atom stereocenters. The van der Waals surface area contributed by atoms with Crippen LogP contribution >= 0.6 is 15.9 Å². The van der Waals surface area contributed by atoms with Crippen molar-refractivity contribution in [1.82, 2.24) is 0 Å². The molecule has 0 bridgehead atoms.